The van der Waals surface area contributed by atoms with Crippen LogP contribution in [0.3, 0.4) is 0 Å². The number of ether oxygens (including phenoxy) is 1. The summed E-state index contributed by atoms with van der Waals surface area (Å²) in [5, 5.41) is 0. The van der Waals surface area contributed by atoms with Crippen molar-refractivity contribution in [3.05, 3.63) is 35.6 Å². The first-order valence-corrected chi connectivity index (χ1v) is 4.69. The first kappa shape index (κ1) is 9.19. The van der Waals surface area contributed by atoms with Gasteiger partial charge in [-0.2, -0.15) is 0 Å². The number of esters is 1. The summed E-state index contributed by atoms with van der Waals surface area (Å²) in [6, 6.07) is 5.86. The molecule has 0 N–H and O–H groups in total. The molecule has 0 radical (unpaired) electrons. The van der Waals surface area contributed by atoms with Gasteiger partial charge in [0.25, 0.3) is 0 Å². The van der Waals surface area contributed by atoms with Crippen LogP contribution in [0.5, 0.6) is 0 Å². The quantitative estimate of drug-likeness (QED) is 0.690. The molecule has 0 heterocycles. The molecule has 3 heteroatoms. The molecule has 0 amide bonds. The van der Waals surface area contributed by atoms with Crippen molar-refractivity contribution in [3.8, 4) is 0 Å². The Labute approximate surface area is 81.7 Å². The SMILES string of the molecule is O=C(OCC1CC1)c1ccccc1F. The smallest absolute Gasteiger partial charge is 0.341 e. The summed E-state index contributed by atoms with van der Waals surface area (Å²) in [5.74, 6) is -0.575. The summed E-state index contributed by atoms with van der Waals surface area (Å²) in [6.07, 6.45) is 2.23. The Morgan fingerprint density at radius 3 is 2.79 bits per heavy atom. The minimum Gasteiger partial charge on any atom is -0.462 e. The van der Waals surface area contributed by atoms with Crippen molar-refractivity contribution in [2.75, 3.05) is 6.61 Å². The Kier molecular flexibility index (Phi) is 2.48. The molecule has 0 aliphatic heterocycles. The molecule has 0 bridgehead atoms. The fourth-order valence-corrected chi connectivity index (χ4v) is 1.18. The lowest BCUT2D eigenvalue weighted by molar-refractivity contribution is 0.0481. The Hall–Kier alpha value is -1.38. The van der Waals surface area contributed by atoms with Gasteiger partial charge in [0, 0.05) is 0 Å². The molecule has 1 aromatic rings. The molecule has 1 fully saturated rings. The van der Waals surface area contributed by atoms with E-state index in [1.807, 2.05) is 0 Å². The largest absolute Gasteiger partial charge is 0.462 e. The van der Waals surface area contributed by atoms with Crippen LogP contribution in [0.4, 0.5) is 4.39 Å². The van der Waals surface area contributed by atoms with E-state index in [2.05, 4.69) is 0 Å². The van der Waals surface area contributed by atoms with Crippen molar-refractivity contribution in [3.63, 3.8) is 0 Å². The maximum Gasteiger partial charge on any atom is 0.341 e. The highest BCUT2D eigenvalue weighted by Crippen LogP contribution is 2.29. The third-order valence-corrected chi connectivity index (χ3v) is 2.24. The number of hydrogen-bond acceptors (Lipinski definition) is 2. The van der Waals surface area contributed by atoms with Crippen molar-refractivity contribution >= 4 is 5.97 Å². The fourth-order valence-electron chi connectivity index (χ4n) is 1.18. The average Bonchev–Trinajstić information content (AvgIpc) is 2.98. The van der Waals surface area contributed by atoms with E-state index < -0.39 is 11.8 Å². The molecule has 0 unspecified atom stereocenters. The van der Waals surface area contributed by atoms with Gasteiger partial charge < -0.3 is 4.74 Å². The van der Waals surface area contributed by atoms with Crippen molar-refractivity contribution in [2.45, 2.75) is 12.8 Å². The van der Waals surface area contributed by atoms with Gasteiger partial charge in [-0.15, -0.1) is 0 Å². The van der Waals surface area contributed by atoms with E-state index in [-0.39, 0.29) is 5.56 Å². The van der Waals surface area contributed by atoms with Gasteiger partial charge in [-0.05, 0) is 30.9 Å². The van der Waals surface area contributed by atoms with Crippen LogP contribution in [0.2, 0.25) is 0 Å². The van der Waals surface area contributed by atoms with E-state index in [0.717, 1.165) is 12.8 Å². The molecule has 1 saturated carbocycles. The second kappa shape index (κ2) is 3.78. The van der Waals surface area contributed by atoms with Gasteiger partial charge in [-0.3, -0.25) is 0 Å². The van der Waals surface area contributed by atoms with E-state index in [9.17, 15) is 9.18 Å². The Morgan fingerprint density at radius 2 is 2.14 bits per heavy atom. The van der Waals surface area contributed by atoms with E-state index >= 15 is 0 Å². The zero-order valence-corrected chi connectivity index (χ0v) is 7.70. The molecule has 2 rings (SSSR count). The zero-order chi connectivity index (χ0) is 9.97. The van der Waals surface area contributed by atoms with Crippen molar-refractivity contribution in [2.24, 2.45) is 5.92 Å². The predicted octanol–water partition coefficient (Wildman–Crippen LogP) is 2.39. The van der Waals surface area contributed by atoms with Gasteiger partial charge in [-0.1, -0.05) is 12.1 Å². The molecule has 1 aliphatic carbocycles. The minimum absolute atomic E-state index is 0.0214. The van der Waals surface area contributed by atoms with Crippen LogP contribution in [-0.4, -0.2) is 12.6 Å². The normalized spacial score (nSPS) is 15.2. The molecule has 0 spiro atoms. The molecule has 2 nitrogen and oxygen atoms in total. The summed E-state index contributed by atoms with van der Waals surface area (Å²) in [7, 11) is 0. The molecule has 0 saturated heterocycles. The second-order valence-corrected chi connectivity index (χ2v) is 3.52. The van der Waals surface area contributed by atoms with Crippen LogP contribution in [-0.2, 0) is 4.74 Å². The highest BCUT2D eigenvalue weighted by atomic mass is 19.1. The van der Waals surface area contributed by atoms with Gasteiger partial charge in [0.15, 0.2) is 0 Å². The minimum atomic E-state index is -0.560. The number of carbonyl (C=O) groups is 1. The highest BCUT2D eigenvalue weighted by Gasteiger charge is 2.23. The van der Waals surface area contributed by atoms with Gasteiger partial charge in [-0.25, -0.2) is 9.18 Å². The lowest BCUT2D eigenvalue weighted by atomic mass is 10.2. The van der Waals surface area contributed by atoms with Crippen molar-refractivity contribution in [1.82, 2.24) is 0 Å². The first-order valence-electron chi connectivity index (χ1n) is 4.69. The van der Waals surface area contributed by atoms with Gasteiger partial charge in [0.1, 0.15) is 5.82 Å². The standard InChI is InChI=1S/C11H11FO2/c12-10-4-2-1-3-9(10)11(13)14-7-8-5-6-8/h1-4,8H,5-7H2. The average molecular weight is 194 g/mol. The number of halogens is 1. The zero-order valence-electron chi connectivity index (χ0n) is 7.70. The van der Waals surface area contributed by atoms with E-state index in [4.69, 9.17) is 4.74 Å². The van der Waals surface area contributed by atoms with Crippen molar-refractivity contribution in [1.29, 1.82) is 0 Å². The lowest BCUT2D eigenvalue weighted by Gasteiger charge is -2.03. The third kappa shape index (κ3) is 2.10. The van der Waals surface area contributed by atoms with E-state index in [1.165, 1.54) is 12.1 Å². The highest BCUT2D eigenvalue weighted by molar-refractivity contribution is 5.89. The van der Waals surface area contributed by atoms with E-state index in [0.29, 0.717) is 12.5 Å². The van der Waals surface area contributed by atoms with Crippen LogP contribution in [0.1, 0.15) is 23.2 Å². The van der Waals surface area contributed by atoms with Crippen LogP contribution < -0.4 is 0 Å². The van der Waals surface area contributed by atoms with Crippen LogP contribution >= 0.6 is 0 Å². The Bertz CT molecular complexity index is 345. The van der Waals surface area contributed by atoms with E-state index in [1.54, 1.807) is 12.1 Å². The monoisotopic (exact) mass is 194 g/mol. The van der Waals surface area contributed by atoms with Crippen LogP contribution in [0.25, 0.3) is 0 Å². The number of carbonyl (C=O) groups excluding carboxylic acids is 1. The molecule has 0 aromatic heterocycles. The summed E-state index contributed by atoms with van der Waals surface area (Å²) >= 11 is 0. The number of benzene rings is 1. The second-order valence-electron chi connectivity index (χ2n) is 3.52. The Morgan fingerprint density at radius 1 is 1.43 bits per heavy atom. The topological polar surface area (TPSA) is 26.3 Å². The molecule has 1 aromatic carbocycles. The van der Waals surface area contributed by atoms with Gasteiger partial charge >= 0.3 is 5.97 Å². The van der Waals surface area contributed by atoms with Crippen molar-refractivity contribution < 1.29 is 13.9 Å². The summed E-state index contributed by atoms with van der Waals surface area (Å²) in [5.41, 5.74) is 0.0214. The number of hydrogen-bond donors (Lipinski definition) is 0. The molecular weight excluding hydrogens is 183 g/mol. The molecule has 14 heavy (non-hydrogen) atoms. The summed E-state index contributed by atoms with van der Waals surface area (Å²) in [4.78, 5) is 11.3. The number of rotatable bonds is 3. The predicted molar refractivity (Wildman–Crippen MR) is 49.4 cm³/mol. The first-order chi connectivity index (χ1) is 6.77. The lowest BCUT2D eigenvalue weighted by Crippen LogP contribution is -2.09. The molecule has 74 valence electrons. The van der Waals surface area contributed by atoms with Crippen LogP contribution in [0.15, 0.2) is 24.3 Å². The molecule has 0 atom stereocenters. The van der Waals surface area contributed by atoms with Gasteiger partial charge in [0.2, 0.25) is 0 Å². The molecular formula is C11H11FO2. The Balaban J connectivity index is 1.98. The summed E-state index contributed by atoms with van der Waals surface area (Å²) in [6.45, 7) is 0.424. The molecule has 1 aliphatic rings. The maximum absolute atomic E-state index is 13.1. The maximum atomic E-state index is 13.1. The van der Waals surface area contributed by atoms with Gasteiger partial charge in [0.05, 0.1) is 12.2 Å². The van der Waals surface area contributed by atoms with Crippen LogP contribution in [0, 0.1) is 11.7 Å². The summed E-state index contributed by atoms with van der Waals surface area (Å²) < 4.78 is 18.0. The third-order valence-electron chi connectivity index (χ3n) is 2.24. The fraction of sp³-hybridized carbons (Fsp3) is 0.364.